The molecule has 1 aromatic rings. The molecule has 0 saturated heterocycles. The van der Waals surface area contributed by atoms with E-state index >= 15 is 0 Å². The minimum Gasteiger partial charge on any atom is -0.347 e. The van der Waals surface area contributed by atoms with Gasteiger partial charge < -0.3 is 5.32 Å². The average Bonchev–Trinajstić information content (AvgIpc) is 2.40. The molecule has 0 spiro atoms. The molecule has 1 aromatic carbocycles. The van der Waals surface area contributed by atoms with Crippen molar-refractivity contribution in [1.82, 2.24) is 5.32 Å². The summed E-state index contributed by atoms with van der Waals surface area (Å²) in [5.74, 6) is 0.768. The van der Waals surface area contributed by atoms with E-state index in [-0.39, 0.29) is 5.24 Å². The molecule has 18 heavy (non-hydrogen) atoms. The van der Waals surface area contributed by atoms with E-state index in [0.717, 1.165) is 12.3 Å². The number of nitrogens with one attached hydrogen (secondary N) is 1. The highest BCUT2D eigenvalue weighted by molar-refractivity contribution is 7.96. The molecule has 0 aromatic heterocycles. The first-order valence-electron chi connectivity index (χ1n) is 6.81. The Morgan fingerprint density at radius 2 is 1.83 bits per heavy atom. The van der Waals surface area contributed by atoms with Gasteiger partial charge in [-0.2, -0.15) is 0 Å². The van der Waals surface area contributed by atoms with Crippen molar-refractivity contribution in [2.45, 2.75) is 44.4 Å². The van der Waals surface area contributed by atoms with Crippen LogP contribution in [0.5, 0.6) is 0 Å². The van der Waals surface area contributed by atoms with Gasteiger partial charge in [-0.25, -0.2) is 0 Å². The Bertz CT molecular complexity index is 382. The number of hydrogen-bond acceptors (Lipinski definition) is 1. The van der Waals surface area contributed by atoms with E-state index in [1.54, 1.807) is 0 Å². The zero-order valence-corrected chi connectivity index (χ0v) is 11.6. The highest BCUT2D eigenvalue weighted by atomic mass is 32.1. The van der Waals surface area contributed by atoms with Crippen LogP contribution in [-0.2, 0) is 6.42 Å². The van der Waals surface area contributed by atoms with Crippen molar-refractivity contribution in [1.29, 1.82) is 0 Å². The summed E-state index contributed by atoms with van der Waals surface area (Å²) in [6.07, 6.45) is 7.71. The molecule has 2 rings (SSSR count). The standard InChI is InChI=1S/C15H21NOS/c17-15(18)16-11-10-12-6-8-14(9-7-12)13-4-2-1-3-5-13/h6-9,13H,1-5,10-11H2,(H2,16,17,18). The predicted octanol–water partition coefficient (Wildman–Crippen LogP) is 3.92. The van der Waals surface area contributed by atoms with Gasteiger partial charge in [-0.15, -0.1) is 0 Å². The Balaban J connectivity index is 1.86. The van der Waals surface area contributed by atoms with Crippen molar-refractivity contribution >= 4 is 17.9 Å². The molecule has 3 heteroatoms. The van der Waals surface area contributed by atoms with Crippen LogP contribution in [0.3, 0.4) is 0 Å². The lowest BCUT2D eigenvalue weighted by atomic mass is 9.84. The fourth-order valence-corrected chi connectivity index (χ4v) is 2.82. The van der Waals surface area contributed by atoms with Gasteiger partial charge in [-0.3, -0.25) is 4.79 Å². The maximum absolute atomic E-state index is 10.6. The molecule has 0 unspecified atom stereocenters. The largest absolute Gasteiger partial charge is 0.347 e. The maximum atomic E-state index is 10.6. The van der Waals surface area contributed by atoms with Gasteiger partial charge in [0.25, 0.3) is 5.24 Å². The summed E-state index contributed by atoms with van der Waals surface area (Å²) in [4.78, 5) is 10.6. The van der Waals surface area contributed by atoms with Crippen molar-refractivity contribution < 1.29 is 4.79 Å². The number of carbonyl (C=O) groups is 1. The molecular weight excluding hydrogens is 242 g/mol. The van der Waals surface area contributed by atoms with Crippen molar-refractivity contribution in [2.75, 3.05) is 6.54 Å². The number of benzene rings is 1. The third-order valence-corrected chi connectivity index (χ3v) is 3.90. The van der Waals surface area contributed by atoms with E-state index in [2.05, 4.69) is 42.2 Å². The van der Waals surface area contributed by atoms with Crippen LogP contribution in [0.1, 0.15) is 49.1 Å². The number of thiol groups is 1. The van der Waals surface area contributed by atoms with Gasteiger partial charge in [0.2, 0.25) is 0 Å². The molecule has 98 valence electrons. The molecule has 0 bridgehead atoms. The molecule has 1 saturated carbocycles. The number of rotatable bonds is 4. The van der Waals surface area contributed by atoms with Gasteiger partial charge in [0.1, 0.15) is 0 Å². The van der Waals surface area contributed by atoms with Crippen LogP contribution < -0.4 is 5.32 Å². The first kappa shape index (κ1) is 13.5. The lowest BCUT2D eigenvalue weighted by Crippen LogP contribution is -2.19. The van der Waals surface area contributed by atoms with Crippen LogP contribution in [0, 0.1) is 0 Å². The Morgan fingerprint density at radius 1 is 1.17 bits per heavy atom. The van der Waals surface area contributed by atoms with Gasteiger partial charge in [0.05, 0.1) is 0 Å². The zero-order chi connectivity index (χ0) is 12.8. The fraction of sp³-hybridized carbons (Fsp3) is 0.533. The molecule has 0 radical (unpaired) electrons. The van der Waals surface area contributed by atoms with Crippen LogP contribution in [-0.4, -0.2) is 11.8 Å². The van der Waals surface area contributed by atoms with E-state index in [4.69, 9.17) is 0 Å². The molecule has 0 aliphatic heterocycles. The number of carbonyl (C=O) groups excluding carboxylic acids is 1. The molecule has 1 amide bonds. The lowest BCUT2D eigenvalue weighted by Gasteiger charge is -2.22. The van der Waals surface area contributed by atoms with Gasteiger partial charge in [0.15, 0.2) is 0 Å². The summed E-state index contributed by atoms with van der Waals surface area (Å²) in [5.41, 5.74) is 2.76. The number of amides is 1. The van der Waals surface area contributed by atoms with Gasteiger partial charge in [0, 0.05) is 6.54 Å². The monoisotopic (exact) mass is 263 g/mol. The maximum Gasteiger partial charge on any atom is 0.275 e. The van der Waals surface area contributed by atoms with Crippen LogP contribution in [0.2, 0.25) is 0 Å². The SMILES string of the molecule is O=C(S)NCCc1ccc(C2CCCCC2)cc1. The molecule has 1 aliphatic rings. The first-order valence-corrected chi connectivity index (χ1v) is 7.26. The molecule has 1 N–H and O–H groups in total. The van der Waals surface area contributed by atoms with Crippen LogP contribution in [0.4, 0.5) is 4.79 Å². The second-order valence-corrected chi connectivity index (χ2v) is 5.46. The van der Waals surface area contributed by atoms with Crippen molar-refractivity contribution in [3.63, 3.8) is 0 Å². The second-order valence-electron chi connectivity index (χ2n) is 5.06. The van der Waals surface area contributed by atoms with Crippen LogP contribution in [0.25, 0.3) is 0 Å². The van der Waals surface area contributed by atoms with E-state index in [1.165, 1.54) is 43.2 Å². The first-order chi connectivity index (χ1) is 8.75. The third-order valence-electron chi connectivity index (χ3n) is 3.75. The summed E-state index contributed by atoms with van der Waals surface area (Å²) < 4.78 is 0. The smallest absolute Gasteiger partial charge is 0.275 e. The summed E-state index contributed by atoms with van der Waals surface area (Å²) >= 11 is 3.68. The molecule has 0 atom stereocenters. The Morgan fingerprint density at radius 3 is 2.44 bits per heavy atom. The van der Waals surface area contributed by atoms with Gasteiger partial charge in [-0.1, -0.05) is 56.2 Å². The Kier molecular flexibility index (Phi) is 5.12. The highest BCUT2D eigenvalue weighted by Gasteiger charge is 2.14. The zero-order valence-electron chi connectivity index (χ0n) is 10.7. The van der Waals surface area contributed by atoms with E-state index in [1.807, 2.05) is 0 Å². The minimum atomic E-state index is -0.256. The molecule has 2 nitrogen and oxygen atoms in total. The second kappa shape index (κ2) is 6.83. The average molecular weight is 263 g/mol. The summed E-state index contributed by atoms with van der Waals surface area (Å²) in [6.45, 7) is 0.658. The topological polar surface area (TPSA) is 29.1 Å². The number of hydrogen-bond donors (Lipinski definition) is 2. The predicted molar refractivity (Wildman–Crippen MR) is 78.4 cm³/mol. The quantitative estimate of drug-likeness (QED) is 0.792. The summed E-state index contributed by atoms with van der Waals surface area (Å²) in [5, 5.41) is 2.44. The fourth-order valence-electron chi connectivity index (χ4n) is 2.71. The van der Waals surface area contributed by atoms with E-state index < -0.39 is 0 Å². The third kappa shape index (κ3) is 4.05. The normalized spacial score (nSPS) is 16.5. The van der Waals surface area contributed by atoms with Crippen molar-refractivity contribution in [2.24, 2.45) is 0 Å². The molecule has 1 fully saturated rings. The molecular formula is C15H21NOS. The summed E-state index contributed by atoms with van der Waals surface area (Å²) in [7, 11) is 0. The highest BCUT2D eigenvalue weighted by Crippen LogP contribution is 2.32. The van der Waals surface area contributed by atoms with Crippen molar-refractivity contribution in [3.8, 4) is 0 Å². The van der Waals surface area contributed by atoms with Gasteiger partial charge in [-0.05, 0) is 36.3 Å². The van der Waals surface area contributed by atoms with Crippen LogP contribution in [0.15, 0.2) is 24.3 Å². The molecule has 0 heterocycles. The van der Waals surface area contributed by atoms with Crippen LogP contribution >= 0.6 is 12.6 Å². The lowest BCUT2D eigenvalue weighted by molar-refractivity contribution is 0.261. The van der Waals surface area contributed by atoms with Crippen molar-refractivity contribution in [3.05, 3.63) is 35.4 Å². The van der Waals surface area contributed by atoms with E-state index in [9.17, 15) is 4.79 Å². The van der Waals surface area contributed by atoms with Gasteiger partial charge >= 0.3 is 0 Å². The minimum absolute atomic E-state index is 0.256. The molecule has 1 aliphatic carbocycles. The van der Waals surface area contributed by atoms with E-state index in [0.29, 0.717) is 6.54 Å². The summed E-state index contributed by atoms with van der Waals surface area (Å²) in [6, 6.07) is 8.89. The Labute approximate surface area is 115 Å². The Hall–Kier alpha value is -0.960.